The minimum atomic E-state index is -1.03. The second-order valence-corrected chi connectivity index (χ2v) is 5.50. The van der Waals surface area contributed by atoms with Crippen LogP contribution in [0, 0.1) is 6.92 Å². The Kier molecular flexibility index (Phi) is 5.16. The molecule has 23 heavy (non-hydrogen) atoms. The molecule has 0 aliphatic rings. The van der Waals surface area contributed by atoms with Crippen LogP contribution < -0.4 is 0 Å². The Bertz CT molecular complexity index is 691. The number of benzene rings is 1. The number of rotatable bonds is 6. The summed E-state index contributed by atoms with van der Waals surface area (Å²) in [6, 6.07) is 7.03. The molecule has 0 radical (unpaired) electrons. The summed E-state index contributed by atoms with van der Waals surface area (Å²) in [5.74, 6) is -0.168. The first kappa shape index (κ1) is 16.7. The van der Waals surface area contributed by atoms with Gasteiger partial charge >= 0.3 is 5.97 Å². The number of carboxylic acids is 1. The van der Waals surface area contributed by atoms with E-state index in [1.54, 1.807) is 6.20 Å². The monoisotopic (exact) mass is 316 g/mol. The normalized spacial score (nSPS) is 12.0. The molecule has 0 aliphatic heterocycles. The Balaban J connectivity index is 1.96. The molecule has 0 spiro atoms. The van der Waals surface area contributed by atoms with Crippen molar-refractivity contribution in [2.75, 3.05) is 7.05 Å². The average Bonchev–Trinajstić information content (AvgIpc) is 3.00. The number of aliphatic carboxylic acids is 1. The van der Waals surface area contributed by atoms with Crippen LogP contribution in [0.2, 0.25) is 0 Å². The van der Waals surface area contributed by atoms with Crippen molar-refractivity contribution in [3.63, 3.8) is 0 Å². The number of hydrogen-bond acceptors (Lipinski definition) is 4. The Morgan fingerprint density at radius 1 is 1.30 bits per heavy atom. The van der Waals surface area contributed by atoms with Gasteiger partial charge in [-0.2, -0.15) is 0 Å². The van der Waals surface area contributed by atoms with Crippen LogP contribution in [0.25, 0.3) is 11.3 Å². The van der Waals surface area contributed by atoms with E-state index in [9.17, 15) is 9.59 Å². The highest BCUT2D eigenvalue weighted by Gasteiger charge is 2.21. The quantitative estimate of drug-likeness (QED) is 0.885. The molecule has 6 nitrogen and oxygen atoms in total. The Labute approximate surface area is 134 Å². The van der Waals surface area contributed by atoms with Crippen LogP contribution in [0.1, 0.15) is 24.8 Å². The largest absolute Gasteiger partial charge is 0.480 e. The van der Waals surface area contributed by atoms with E-state index >= 15 is 0 Å². The molecule has 1 N–H and O–H groups in total. The highest BCUT2D eigenvalue weighted by molar-refractivity contribution is 5.83. The van der Waals surface area contributed by atoms with Crippen molar-refractivity contribution in [3.05, 3.63) is 41.9 Å². The summed E-state index contributed by atoms with van der Waals surface area (Å²) >= 11 is 0. The lowest BCUT2D eigenvalue weighted by atomic mass is 10.1. The van der Waals surface area contributed by atoms with Crippen LogP contribution in [0.3, 0.4) is 0 Å². The van der Waals surface area contributed by atoms with Gasteiger partial charge in [0.1, 0.15) is 6.04 Å². The Morgan fingerprint density at radius 2 is 1.96 bits per heavy atom. The number of carbonyl (C=O) groups is 2. The molecule has 0 saturated heterocycles. The van der Waals surface area contributed by atoms with Gasteiger partial charge in [0, 0.05) is 25.5 Å². The van der Waals surface area contributed by atoms with E-state index in [1.165, 1.54) is 18.9 Å². The minimum Gasteiger partial charge on any atom is -0.480 e. The van der Waals surface area contributed by atoms with E-state index in [2.05, 4.69) is 4.98 Å². The first-order chi connectivity index (χ1) is 10.9. The van der Waals surface area contributed by atoms with Gasteiger partial charge in [0.15, 0.2) is 11.7 Å². The molecule has 0 fully saturated rings. The molecule has 122 valence electrons. The summed E-state index contributed by atoms with van der Waals surface area (Å²) in [5, 5.41) is 8.91. The molecule has 1 amide bonds. The van der Waals surface area contributed by atoms with Gasteiger partial charge in [0.2, 0.25) is 5.91 Å². The number of carboxylic acid groups (broad SMARTS) is 1. The SMILES string of the molecule is Cc1ccc(-c2cnc(CCC(=O)N(C)C(C)C(=O)O)o2)cc1. The zero-order valence-electron chi connectivity index (χ0n) is 13.4. The van der Waals surface area contributed by atoms with Crippen LogP contribution >= 0.6 is 0 Å². The number of nitrogens with zero attached hydrogens (tertiary/aromatic N) is 2. The topological polar surface area (TPSA) is 83.6 Å². The number of aryl methyl sites for hydroxylation is 2. The molecule has 1 heterocycles. The number of carbonyl (C=O) groups excluding carboxylic acids is 1. The average molecular weight is 316 g/mol. The molecular weight excluding hydrogens is 296 g/mol. The van der Waals surface area contributed by atoms with Gasteiger partial charge in [0.05, 0.1) is 6.20 Å². The van der Waals surface area contributed by atoms with E-state index in [0.29, 0.717) is 18.1 Å². The van der Waals surface area contributed by atoms with Crippen molar-refractivity contribution in [3.8, 4) is 11.3 Å². The summed E-state index contributed by atoms with van der Waals surface area (Å²) < 4.78 is 5.65. The van der Waals surface area contributed by atoms with Crippen molar-refractivity contribution in [1.82, 2.24) is 9.88 Å². The fraction of sp³-hybridized carbons (Fsp3) is 0.353. The van der Waals surface area contributed by atoms with Gasteiger partial charge in [-0.3, -0.25) is 4.79 Å². The van der Waals surface area contributed by atoms with Crippen LogP contribution in [-0.4, -0.2) is 40.0 Å². The van der Waals surface area contributed by atoms with Crippen molar-refractivity contribution in [1.29, 1.82) is 0 Å². The van der Waals surface area contributed by atoms with Gasteiger partial charge < -0.3 is 14.4 Å². The predicted molar refractivity (Wildman–Crippen MR) is 84.9 cm³/mol. The third-order valence-corrected chi connectivity index (χ3v) is 3.77. The van der Waals surface area contributed by atoms with Crippen LogP contribution in [-0.2, 0) is 16.0 Å². The van der Waals surface area contributed by atoms with Crippen molar-refractivity contribution >= 4 is 11.9 Å². The number of hydrogen-bond donors (Lipinski definition) is 1. The highest BCUT2D eigenvalue weighted by Crippen LogP contribution is 2.21. The molecule has 1 unspecified atom stereocenters. The standard InChI is InChI=1S/C17H20N2O4/c1-11-4-6-13(7-5-11)14-10-18-15(23-14)8-9-16(20)19(3)12(2)17(21)22/h4-7,10,12H,8-9H2,1-3H3,(H,21,22). The van der Waals surface area contributed by atoms with Gasteiger partial charge in [0.25, 0.3) is 0 Å². The zero-order chi connectivity index (χ0) is 17.0. The van der Waals surface area contributed by atoms with Crippen molar-refractivity contribution in [2.45, 2.75) is 32.7 Å². The third kappa shape index (κ3) is 4.18. The fourth-order valence-electron chi connectivity index (χ4n) is 2.05. The van der Waals surface area contributed by atoms with Gasteiger partial charge in [-0.25, -0.2) is 9.78 Å². The van der Waals surface area contributed by atoms with Gasteiger partial charge in [-0.15, -0.1) is 0 Å². The fourth-order valence-corrected chi connectivity index (χ4v) is 2.05. The lowest BCUT2D eigenvalue weighted by Crippen LogP contribution is -2.40. The maximum atomic E-state index is 12.0. The zero-order valence-corrected chi connectivity index (χ0v) is 13.4. The summed E-state index contributed by atoms with van der Waals surface area (Å²) in [6.07, 6.45) is 2.12. The summed E-state index contributed by atoms with van der Waals surface area (Å²) in [5.41, 5.74) is 2.09. The van der Waals surface area contributed by atoms with E-state index in [4.69, 9.17) is 9.52 Å². The molecule has 0 aliphatic carbocycles. The third-order valence-electron chi connectivity index (χ3n) is 3.77. The lowest BCUT2D eigenvalue weighted by molar-refractivity contribution is -0.148. The first-order valence-electron chi connectivity index (χ1n) is 7.38. The summed E-state index contributed by atoms with van der Waals surface area (Å²) in [6.45, 7) is 3.48. The molecular formula is C17H20N2O4. The molecule has 2 rings (SSSR count). The van der Waals surface area contributed by atoms with E-state index in [1.807, 2.05) is 31.2 Å². The van der Waals surface area contributed by atoms with Crippen LogP contribution in [0.5, 0.6) is 0 Å². The molecule has 0 bridgehead atoms. The van der Waals surface area contributed by atoms with E-state index < -0.39 is 12.0 Å². The number of likely N-dealkylation sites (N-methyl/N-ethyl adjacent to an activating group) is 1. The second-order valence-electron chi connectivity index (χ2n) is 5.50. The molecule has 2 aromatic rings. The minimum absolute atomic E-state index is 0.155. The summed E-state index contributed by atoms with van der Waals surface area (Å²) in [4.78, 5) is 28.2. The maximum absolute atomic E-state index is 12.0. The summed E-state index contributed by atoms with van der Waals surface area (Å²) in [7, 11) is 1.48. The van der Waals surface area contributed by atoms with Gasteiger partial charge in [-0.05, 0) is 13.8 Å². The first-order valence-corrected chi connectivity index (χ1v) is 7.38. The van der Waals surface area contributed by atoms with Crippen molar-refractivity contribution < 1.29 is 19.1 Å². The molecule has 6 heteroatoms. The van der Waals surface area contributed by atoms with Crippen molar-refractivity contribution in [2.24, 2.45) is 0 Å². The van der Waals surface area contributed by atoms with Gasteiger partial charge in [-0.1, -0.05) is 29.8 Å². The number of oxazole rings is 1. The smallest absolute Gasteiger partial charge is 0.326 e. The van der Waals surface area contributed by atoms with E-state index in [-0.39, 0.29) is 12.3 Å². The Morgan fingerprint density at radius 3 is 2.57 bits per heavy atom. The van der Waals surface area contributed by atoms with E-state index in [0.717, 1.165) is 11.1 Å². The molecule has 1 atom stereocenters. The molecule has 1 aromatic heterocycles. The maximum Gasteiger partial charge on any atom is 0.326 e. The second kappa shape index (κ2) is 7.09. The number of aromatic nitrogens is 1. The Hall–Kier alpha value is -2.63. The van der Waals surface area contributed by atoms with Crippen LogP contribution in [0.4, 0.5) is 0 Å². The number of amides is 1. The van der Waals surface area contributed by atoms with Crippen LogP contribution in [0.15, 0.2) is 34.9 Å². The molecule has 1 aromatic carbocycles. The molecule has 0 saturated carbocycles. The lowest BCUT2D eigenvalue weighted by Gasteiger charge is -2.21. The predicted octanol–water partition coefficient (Wildman–Crippen LogP) is 2.51. The highest BCUT2D eigenvalue weighted by atomic mass is 16.4.